The van der Waals surface area contributed by atoms with Crippen molar-refractivity contribution in [2.45, 2.75) is 47.7 Å². The van der Waals surface area contributed by atoms with Gasteiger partial charge in [-0.2, -0.15) is 0 Å². The van der Waals surface area contributed by atoms with Crippen LogP contribution in [0.25, 0.3) is 66.4 Å². The number of rotatable bonds is 4. The van der Waals surface area contributed by atoms with Crippen LogP contribution < -0.4 is 0 Å². The van der Waals surface area contributed by atoms with E-state index in [2.05, 4.69) is 46.4 Å². The van der Waals surface area contributed by atoms with Crippen LogP contribution in [0.3, 0.4) is 0 Å². The molecule has 3 nitrogen and oxygen atoms in total. The second-order valence-electron chi connectivity index (χ2n) is 12.8. The summed E-state index contributed by atoms with van der Waals surface area (Å²) in [6, 6.07) is 39.7. The van der Waals surface area contributed by atoms with E-state index in [9.17, 15) is 0 Å². The summed E-state index contributed by atoms with van der Waals surface area (Å²) in [5.41, 5.74) is 5.54. The Bertz CT molecular complexity index is 2840. The smallest absolute Gasteiger partial charge is 0.128 e. The van der Waals surface area contributed by atoms with E-state index in [1.807, 2.05) is 81.4 Å². The third-order valence-corrected chi connectivity index (χ3v) is 8.07. The average molecular weight is 840 g/mol. The molecular weight excluding hydrogens is 789 g/mol. The minimum atomic E-state index is -2.61. The fraction of sp³-hybridized carbons (Fsp3) is 0.174. The van der Waals surface area contributed by atoms with Gasteiger partial charge in [0.1, 0.15) is 5.58 Å². The minimum Gasteiger partial charge on any atom is -0.500 e. The number of furan rings is 1. The number of aromatic nitrogens is 2. The number of fused-ring (bicyclic) bond motifs is 5. The Morgan fingerprint density at radius 1 is 0.720 bits per heavy atom. The van der Waals surface area contributed by atoms with Crippen molar-refractivity contribution < 1.29 is 39.6 Å². The molecule has 8 aromatic rings. The summed E-state index contributed by atoms with van der Waals surface area (Å²) in [5.74, 6) is 0. The molecule has 0 amide bonds. The zero-order chi connectivity index (χ0) is 43.4. The van der Waals surface area contributed by atoms with Gasteiger partial charge in [-0.25, -0.2) is 0 Å². The Balaban J connectivity index is 0.000000218. The van der Waals surface area contributed by atoms with E-state index in [0.29, 0.717) is 11.1 Å². The molecule has 0 atom stereocenters. The van der Waals surface area contributed by atoms with Crippen molar-refractivity contribution in [1.29, 1.82) is 0 Å². The van der Waals surface area contributed by atoms with E-state index in [-0.39, 0.29) is 42.5 Å². The molecule has 3 heterocycles. The molecule has 0 aliphatic carbocycles. The van der Waals surface area contributed by atoms with Gasteiger partial charge in [0, 0.05) is 58.3 Å². The van der Waals surface area contributed by atoms with Crippen LogP contribution in [-0.2, 0) is 26.5 Å². The molecule has 50 heavy (non-hydrogen) atoms. The molecule has 0 aliphatic heterocycles. The van der Waals surface area contributed by atoms with Crippen molar-refractivity contribution in [3.63, 3.8) is 0 Å². The predicted octanol–water partition coefficient (Wildman–Crippen LogP) is 12.3. The zero-order valence-corrected chi connectivity index (χ0v) is 30.1. The van der Waals surface area contributed by atoms with E-state index >= 15 is 0 Å². The topological polar surface area (TPSA) is 38.9 Å². The van der Waals surface area contributed by atoms with E-state index in [1.54, 1.807) is 6.20 Å². The normalized spacial score (nSPS) is 15.6. The van der Waals surface area contributed by atoms with Crippen molar-refractivity contribution in [1.82, 2.24) is 9.97 Å². The molecule has 0 bridgehead atoms. The van der Waals surface area contributed by atoms with Crippen LogP contribution in [0.2, 0.25) is 0 Å². The van der Waals surface area contributed by atoms with Crippen molar-refractivity contribution in [2.24, 2.45) is 5.41 Å². The maximum atomic E-state index is 8.56. The van der Waals surface area contributed by atoms with Gasteiger partial charge in [-0.1, -0.05) is 117 Å². The maximum Gasteiger partial charge on any atom is 0.128 e. The van der Waals surface area contributed by atoms with Gasteiger partial charge in [-0.3, -0.25) is 0 Å². The molecular formula is C46H40IrN2O-2. The molecule has 0 fully saturated rings. The van der Waals surface area contributed by atoms with Crippen molar-refractivity contribution in [2.75, 3.05) is 0 Å². The third-order valence-electron chi connectivity index (χ3n) is 8.07. The van der Waals surface area contributed by atoms with Gasteiger partial charge in [0.15, 0.2) is 0 Å². The summed E-state index contributed by atoms with van der Waals surface area (Å²) in [6.07, 6.45) is 1.40. The summed E-state index contributed by atoms with van der Waals surface area (Å²) in [7, 11) is 0. The number of hydrogen-bond acceptors (Lipinski definition) is 3. The third kappa shape index (κ3) is 7.48. The monoisotopic (exact) mass is 840 g/mol. The molecule has 0 aliphatic rings. The van der Waals surface area contributed by atoms with Gasteiger partial charge in [0.05, 0.1) is 5.58 Å². The van der Waals surface area contributed by atoms with Crippen LogP contribution in [0.1, 0.15) is 58.1 Å². The van der Waals surface area contributed by atoms with E-state index in [4.69, 9.17) is 19.5 Å². The van der Waals surface area contributed by atoms with Crippen LogP contribution in [0.4, 0.5) is 0 Å². The quantitative estimate of drug-likeness (QED) is 0.166. The Morgan fingerprint density at radius 2 is 1.54 bits per heavy atom. The average Bonchev–Trinajstić information content (AvgIpc) is 3.59. The maximum absolute atomic E-state index is 8.56. The van der Waals surface area contributed by atoms with Crippen LogP contribution in [0, 0.1) is 38.1 Å². The van der Waals surface area contributed by atoms with Gasteiger partial charge >= 0.3 is 0 Å². The minimum absolute atomic E-state index is 0. The van der Waals surface area contributed by atoms with E-state index in [1.165, 1.54) is 24.3 Å². The second kappa shape index (κ2) is 14.5. The number of nitrogens with zero attached hydrogens (tertiary/aromatic N) is 2. The number of aryl methyl sites for hydroxylation is 3. The summed E-state index contributed by atoms with van der Waals surface area (Å²) in [4.78, 5) is 8.66. The van der Waals surface area contributed by atoms with Gasteiger partial charge < -0.3 is 14.4 Å². The Morgan fingerprint density at radius 3 is 2.30 bits per heavy atom. The number of benzene rings is 5. The molecule has 0 spiro atoms. The van der Waals surface area contributed by atoms with Crippen molar-refractivity contribution >= 4 is 32.7 Å². The standard InChI is InChI=1S/C32H26NO.C14H14N.Ir/c1-32(2,3)20-21-11-13-22(14-12-21)24-17-18-33-29(19-24)28-10-6-9-26-27-16-15-23-7-4-5-8-25(23)30(27)34-31(26)28;1-10-4-6-13(7-5-10)14-8-11(2)12(3)9-15-14;/h4-9,11-19H,20H2,1-3H3;4-6,8-9H,1-3H3;/q2*-1;/i20D2;1D3,2D3,3D3;. The molecule has 8 rings (SSSR count). The number of hydrogen-bond donors (Lipinski definition) is 0. The van der Waals surface area contributed by atoms with Gasteiger partial charge in [-0.05, 0) is 70.6 Å². The SMILES string of the molecule is [2H]C([2H])([2H])c1c[c-]c(-c2cc(C([2H])([2H])[2H])c(C([2H])([2H])[2H])cn2)cc1.[2H]C([2H])(c1ccc(-c2ccnc(-c3[c-]ccc4c3oc3c5ccccc5ccc43)c2)cc1)C(C)(C)C.[Ir]. The van der Waals surface area contributed by atoms with Crippen molar-refractivity contribution in [3.8, 4) is 33.6 Å². The molecule has 4 heteroatoms. The fourth-order valence-corrected chi connectivity index (χ4v) is 5.77. The first-order valence-corrected chi connectivity index (χ1v) is 15.9. The Kier molecular flexibility index (Phi) is 6.83. The van der Waals surface area contributed by atoms with Gasteiger partial charge in [0.25, 0.3) is 0 Å². The Labute approximate surface area is 324 Å². The van der Waals surface area contributed by atoms with Crippen LogP contribution in [-0.4, -0.2) is 9.97 Å². The summed E-state index contributed by atoms with van der Waals surface area (Å²) in [5, 5.41) is 4.37. The zero-order valence-electron chi connectivity index (χ0n) is 38.7. The molecule has 251 valence electrons. The number of pyridine rings is 2. The molecule has 1 radical (unpaired) electrons. The largest absolute Gasteiger partial charge is 0.500 e. The first kappa shape index (κ1) is 23.5. The molecule has 5 aromatic carbocycles. The van der Waals surface area contributed by atoms with Crippen LogP contribution in [0.5, 0.6) is 0 Å². The van der Waals surface area contributed by atoms with E-state index in [0.717, 1.165) is 61.3 Å². The molecule has 0 unspecified atom stereocenters. The summed E-state index contributed by atoms with van der Waals surface area (Å²) >= 11 is 0. The van der Waals surface area contributed by atoms with Crippen molar-refractivity contribution in [3.05, 3.63) is 156 Å². The predicted molar refractivity (Wildman–Crippen MR) is 205 cm³/mol. The van der Waals surface area contributed by atoms with Crippen LogP contribution >= 0.6 is 0 Å². The molecule has 0 saturated carbocycles. The Hall–Kier alpha value is -4.89. The fourth-order valence-electron chi connectivity index (χ4n) is 5.77. The molecule has 0 saturated heterocycles. The summed E-state index contributed by atoms with van der Waals surface area (Å²) in [6.45, 7) is -1.70. The first-order chi connectivity index (χ1) is 28.0. The molecule has 3 aromatic heterocycles. The first-order valence-electron chi connectivity index (χ1n) is 21.4. The van der Waals surface area contributed by atoms with Gasteiger partial charge in [-0.15, -0.1) is 53.6 Å². The molecule has 0 N–H and O–H groups in total. The summed E-state index contributed by atoms with van der Waals surface area (Å²) < 4.78 is 90.5. The van der Waals surface area contributed by atoms with Crippen LogP contribution in [0.15, 0.2) is 126 Å². The second-order valence-corrected chi connectivity index (χ2v) is 12.8. The van der Waals surface area contributed by atoms with E-state index < -0.39 is 32.3 Å². The van der Waals surface area contributed by atoms with Gasteiger partial charge in [0.2, 0.25) is 0 Å².